The van der Waals surface area contributed by atoms with E-state index in [-0.39, 0.29) is 6.61 Å². The van der Waals surface area contributed by atoms with Gasteiger partial charge in [-0.15, -0.1) is 0 Å². The number of benzene rings is 3. The zero-order chi connectivity index (χ0) is 30.3. The Labute approximate surface area is 245 Å². The minimum atomic E-state index is -2.94. The van der Waals surface area contributed by atoms with Crippen LogP contribution in [0.1, 0.15) is 27.7 Å². The van der Waals surface area contributed by atoms with E-state index in [0.717, 1.165) is 15.9 Å². The van der Waals surface area contributed by atoms with Crippen LogP contribution in [0.4, 0.5) is 0 Å². The van der Waals surface area contributed by atoms with Crippen molar-refractivity contribution in [3.8, 4) is 0 Å². The Morgan fingerprint density at radius 2 is 0.952 bits per heavy atom. The zero-order valence-corrected chi connectivity index (χ0v) is 24.8. The van der Waals surface area contributed by atoms with E-state index in [0.29, 0.717) is 0 Å². The highest BCUT2D eigenvalue weighted by Gasteiger charge is 2.65. The van der Waals surface area contributed by atoms with Gasteiger partial charge in [0.15, 0.2) is 12.2 Å². The summed E-state index contributed by atoms with van der Waals surface area (Å²) < 4.78 is 29.6. The molecule has 3 aromatic carbocycles. The second-order valence-electron chi connectivity index (χ2n) is 9.82. The van der Waals surface area contributed by atoms with Gasteiger partial charge in [0.1, 0.15) is 35.9 Å². The van der Waals surface area contributed by atoms with Gasteiger partial charge in [0, 0.05) is 27.7 Å². The van der Waals surface area contributed by atoms with Gasteiger partial charge in [-0.25, -0.2) is 0 Å². The van der Waals surface area contributed by atoms with Gasteiger partial charge in [-0.2, -0.15) is 0 Å². The maximum absolute atomic E-state index is 12.7. The van der Waals surface area contributed by atoms with E-state index in [4.69, 9.17) is 23.7 Å². The van der Waals surface area contributed by atoms with Crippen LogP contribution in [0.2, 0.25) is 0 Å². The molecule has 0 bridgehead atoms. The average Bonchev–Trinajstić information content (AvgIpc) is 2.96. The average molecular weight is 594 g/mol. The fraction of sp³-hybridized carbons (Fsp3) is 0.312. The van der Waals surface area contributed by atoms with Crippen LogP contribution in [0, 0.1) is 0 Å². The summed E-state index contributed by atoms with van der Waals surface area (Å²) in [6.07, 6.45) is -4.78. The van der Waals surface area contributed by atoms with Gasteiger partial charge in [0.25, 0.3) is 0 Å². The van der Waals surface area contributed by atoms with E-state index in [1.807, 2.05) is 91.0 Å². The molecule has 4 rings (SSSR count). The number of ether oxygens (including phenoxy) is 5. The molecule has 1 fully saturated rings. The van der Waals surface area contributed by atoms with E-state index in [9.17, 15) is 19.2 Å². The number of hydrogen-bond acceptors (Lipinski definition) is 9. The topological polar surface area (TPSA) is 114 Å². The lowest BCUT2D eigenvalue weighted by molar-refractivity contribution is -0.238. The van der Waals surface area contributed by atoms with Crippen molar-refractivity contribution in [2.45, 2.75) is 58.0 Å². The third kappa shape index (κ3) is 6.69. The Morgan fingerprint density at radius 1 is 0.571 bits per heavy atom. The van der Waals surface area contributed by atoms with Crippen LogP contribution < -0.4 is 15.9 Å². The summed E-state index contributed by atoms with van der Waals surface area (Å²) >= 11 is 0. The van der Waals surface area contributed by atoms with Gasteiger partial charge in [0.2, 0.25) is 11.9 Å². The lowest BCUT2D eigenvalue weighted by atomic mass is 9.99. The molecule has 220 valence electrons. The molecule has 0 amide bonds. The summed E-state index contributed by atoms with van der Waals surface area (Å²) in [7, 11) is -2.94. The Morgan fingerprint density at radius 3 is 1.33 bits per heavy atom. The molecule has 0 spiro atoms. The van der Waals surface area contributed by atoms with Gasteiger partial charge in [0.05, 0.1) is 0 Å². The van der Waals surface area contributed by atoms with Crippen molar-refractivity contribution in [3.05, 3.63) is 91.0 Å². The van der Waals surface area contributed by atoms with Crippen LogP contribution in [0.5, 0.6) is 0 Å². The molecule has 0 N–H and O–H groups in total. The Bertz CT molecular complexity index is 1280. The van der Waals surface area contributed by atoms with Crippen LogP contribution in [0.15, 0.2) is 91.0 Å². The Hall–Kier alpha value is -4.07. The molecule has 5 atom stereocenters. The Kier molecular flexibility index (Phi) is 10.1. The van der Waals surface area contributed by atoms with Gasteiger partial charge < -0.3 is 23.7 Å². The summed E-state index contributed by atoms with van der Waals surface area (Å²) in [5, 5.41) is 2.72. The number of carbonyl (C=O) groups is 4. The minimum absolute atomic E-state index is 0.299. The number of hydrogen-bond donors (Lipinski definition) is 0. The summed E-state index contributed by atoms with van der Waals surface area (Å²) in [5.74, 6) is -3.52. The van der Waals surface area contributed by atoms with Crippen molar-refractivity contribution in [1.82, 2.24) is 0 Å². The van der Waals surface area contributed by atoms with E-state index in [1.54, 1.807) is 0 Å². The first-order valence-corrected chi connectivity index (χ1v) is 15.4. The molecule has 0 saturated carbocycles. The van der Waals surface area contributed by atoms with Gasteiger partial charge >= 0.3 is 23.9 Å². The molecule has 10 heteroatoms. The molecule has 1 heterocycles. The number of rotatable bonds is 9. The fourth-order valence-corrected chi connectivity index (χ4v) is 10.1. The largest absolute Gasteiger partial charge is 0.463 e. The van der Waals surface area contributed by atoms with Crippen molar-refractivity contribution in [3.63, 3.8) is 0 Å². The van der Waals surface area contributed by atoms with E-state index in [2.05, 4.69) is 0 Å². The minimum Gasteiger partial charge on any atom is -0.463 e. The highest BCUT2D eigenvalue weighted by atomic mass is 31.2. The van der Waals surface area contributed by atoms with Crippen LogP contribution in [0.3, 0.4) is 0 Å². The predicted octanol–water partition coefficient (Wildman–Crippen LogP) is 3.06. The van der Waals surface area contributed by atoms with Crippen LogP contribution in [0.25, 0.3) is 0 Å². The van der Waals surface area contributed by atoms with Crippen LogP contribution in [-0.4, -0.2) is 60.7 Å². The van der Waals surface area contributed by atoms with Crippen LogP contribution in [-0.2, 0) is 42.9 Å². The summed E-state index contributed by atoms with van der Waals surface area (Å²) in [6.45, 7) is 4.63. The van der Waals surface area contributed by atoms with Gasteiger partial charge in [-0.05, 0) is 36.4 Å². The number of esters is 4. The number of carbonyl (C=O) groups excluding carboxylic acids is 4. The fourth-order valence-electron chi connectivity index (χ4n) is 5.39. The molecule has 42 heavy (non-hydrogen) atoms. The Balaban J connectivity index is 2.07. The summed E-state index contributed by atoms with van der Waals surface area (Å²) in [6, 6.07) is 29.1. The first kappa shape index (κ1) is 30.9. The third-order valence-electron chi connectivity index (χ3n) is 6.84. The zero-order valence-electron chi connectivity index (χ0n) is 23.9. The molecule has 1 unspecified atom stereocenters. The highest BCUT2D eigenvalue weighted by molar-refractivity contribution is 7.96. The van der Waals surface area contributed by atoms with Gasteiger partial charge in [-0.1, -0.05) is 54.6 Å². The van der Waals surface area contributed by atoms with Crippen molar-refractivity contribution < 1.29 is 42.9 Å². The molecular weight excluding hydrogens is 559 g/mol. The maximum atomic E-state index is 12.7. The summed E-state index contributed by atoms with van der Waals surface area (Å²) in [4.78, 5) is 49.3. The van der Waals surface area contributed by atoms with Crippen molar-refractivity contribution >= 4 is 47.1 Å². The highest BCUT2D eigenvalue weighted by Crippen LogP contribution is 2.63. The summed E-state index contributed by atoms with van der Waals surface area (Å²) in [5.41, 5.74) is 0. The molecule has 9 nitrogen and oxygen atoms in total. The van der Waals surface area contributed by atoms with E-state index in [1.165, 1.54) is 27.7 Å². The monoisotopic (exact) mass is 593 g/mol. The molecule has 1 aliphatic rings. The third-order valence-corrected chi connectivity index (χ3v) is 11.4. The van der Waals surface area contributed by atoms with Gasteiger partial charge in [-0.3, -0.25) is 19.2 Å². The first-order chi connectivity index (χ1) is 20.1. The maximum Gasteiger partial charge on any atom is 0.303 e. The van der Waals surface area contributed by atoms with E-state index >= 15 is 0 Å². The molecule has 0 aromatic heterocycles. The molecule has 1 aliphatic heterocycles. The molecule has 0 aliphatic carbocycles. The van der Waals surface area contributed by atoms with Crippen molar-refractivity contribution in [2.75, 3.05) is 6.61 Å². The molecule has 0 radical (unpaired) electrons. The lowest BCUT2D eigenvalue weighted by Crippen LogP contribution is -2.64. The van der Waals surface area contributed by atoms with Crippen molar-refractivity contribution in [1.29, 1.82) is 0 Å². The first-order valence-electron chi connectivity index (χ1n) is 13.5. The lowest BCUT2D eigenvalue weighted by Gasteiger charge is -2.47. The molecular formula is C32H34O9P+. The standard InChI is InChI=1S/C32H34O9P/c1-21(33)37-20-28-29(38-22(2)34)30(39-23(3)35)31(40-24(4)36)32(41-28)42(25-14-8-5-9-15-25,26-16-10-6-11-17-26)27-18-12-7-13-19-27/h5-19,28-32H,20H2,1-4H3/q+1/t28-,29-,30+,31-,32?/m1/s1. The second-order valence-corrected chi connectivity index (χ2v) is 13.3. The van der Waals surface area contributed by atoms with E-state index < -0.39 is 61.4 Å². The SMILES string of the molecule is CC(=O)OC[C@H]1OC([P+](c2ccccc2)(c2ccccc2)c2ccccc2)[C@H](OC(C)=O)[C@@H](OC(C)=O)[C@@H]1OC(C)=O. The second kappa shape index (κ2) is 13.7. The quantitative estimate of drug-likeness (QED) is 0.210. The molecule has 3 aromatic rings. The van der Waals surface area contributed by atoms with Crippen LogP contribution >= 0.6 is 7.26 Å². The normalized spacial score (nSPS) is 22.0. The smallest absolute Gasteiger partial charge is 0.303 e. The molecule has 1 saturated heterocycles. The predicted molar refractivity (Wildman–Crippen MR) is 157 cm³/mol. The van der Waals surface area contributed by atoms with Crippen molar-refractivity contribution in [2.24, 2.45) is 0 Å².